The number of rotatable bonds is 6. The Kier molecular flexibility index (Phi) is 5.83. The lowest BCUT2D eigenvalue weighted by atomic mass is 9.79. The fourth-order valence-corrected chi connectivity index (χ4v) is 3.09. The summed E-state index contributed by atoms with van der Waals surface area (Å²) in [6, 6.07) is 11.2. The normalized spacial score (nSPS) is 25.2. The van der Waals surface area contributed by atoms with Gasteiger partial charge in [-0.3, -0.25) is 0 Å². The molecule has 0 amide bonds. The van der Waals surface area contributed by atoms with Crippen molar-refractivity contribution in [3.63, 3.8) is 0 Å². The number of hydrogen-bond acceptors (Lipinski definition) is 3. The van der Waals surface area contributed by atoms with Gasteiger partial charge in [0.2, 0.25) is 0 Å². The first kappa shape index (κ1) is 14.5. The molecule has 2 rings (SSSR count). The molecule has 0 heterocycles. The van der Waals surface area contributed by atoms with Crippen molar-refractivity contribution < 1.29 is 9.84 Å². The molecular weight excluding hydrogens is 238 g/mol. The van der Waals surface area contributed by atoms with Crippen molar-refractivity contribution in [1.29, 1.82) is 0 Å². The van der Waals surface area contributed by atoms with Crippen LogP contribution in [0.2, 0.25) is 0 Å². The third kappa shape index (κ3) is 4.03. The number of methoxy groups -OCH3 is 1. The molecular formula is C16H25NO2. The van der Waals surface area contributed by atoms with Crippen molar-refractivity contribution in [3.05, 3.63) is 35.9 Å². The second-order valence-corrected chi connectivity index (χ2v) is 5.41. The van der Waals surface area contributed by atoms with Gasteiger partial charge in [-0.05, 0) is 24.3 Å². The van der Waals surface area contributed by atoms with Crippen LogP contribution in [0.4, 0.5) is 0 Å². The molecule has 0 bridgehead atoms. The molecule has 3 unspecified atom stereocenters. The topological polar surface area (TPSA) is 41.5 Å². The van der Waals surface area contributed by atoms with Gasteiger partial charge < -0.3 is 15.2 Å². The molecule has 0 saturated heterocycles. The van der Waals surface area contributed by atoms with Gasteiger partial charge in [0.15, 0.2) is 0 Å². The Morgan fingerprint density at radius 3 is 2.68 bits per heavy atom. The van der Waals surface area contributed by atoms with Crippen LogP contribution in [0.1, 0.15) is 37.2 Å². The Labute approximate surface area is 116 Å². The van der Waals surface area contributed by atoms with E-state index in [1.54, 1.807) is 7.11 Å². The van der Waals surface area contributed by atoms with Crippen molar-refractivity contribution in [2.45, 2.75) is 43.7 Å². The summed E-state index contributed by atoms with van der Waals surface area (Å²) in [4.78, 5) is 0. The van der Waals surface area contributed by atoms with E-state index >= 15 is 0 Å². The highest BCUT2D eigenvalue weighted by Gasteiger charge is 2.27. The Morgan fingerprint density at radius 2 is 2.00 bits per heavy atom. The maximum absolute atomic E-state index is 9.40. The van der Waals surface area contributed by atoms with Gasteiger partial charge in [0.05, 0.1) is 19.3 Å². The molecule has 0 aromatic heterocycles. The van der Waals surface area contributed by atoms with Gasteiger partial charge in [-0.25, -0.2) is 0 Å². The number of aliphatic hydroxyl groups excluding tert-OH is 1. The molecule has 3 nitrogen and oxygen atoms in total. The van der Waals surface area contributed by atoms with E-state index in [0.29, 0.717) is 18.6 Å². The predicted molar refractivity (Wildman–Crippen MR) is 77.3 cm³/mol. The standard InChI is InChI=1S/C16H25NO2/c1-19-12-14(11-18)17-16-10-6-5-9-15(16)13-7-3-2-4-8-13/h2-4,7-8,14-18H,5-6,9-12H2,1H3. The third-order valence-electron chi connectivity index (χ3n) is 4.03. The summed E-state index contributed by atoms with van der Waals surface area (Å²) >= 11 is 0. The molecule has 3 atom stereocenters. The number of nitrogens with one attached hydrogen (secondary N) is 1. The number of ether oxygens (including phenoxy) is 1. The quantitative estimate of drug-likeness (QED) is 0.827. The van der Waals surface area contributed by atoms with Crippen molar-refractivity contribution in [3.8, 4) is 0 Å². The first-order valence-corrected chi connectivity index (χ1v) is 7.26. The Bertz CT molecular complexity index is 355. The fourth-order valence-electron chi connectivity index (χ4n) is 3.09. The van der Waals surface area contributed by atoms with Crippen LogP contribution in [0, 0.1) is 0 Å². The maximum atomic E-state index is 9.40. The van der Waals surface area contributed by atoms with E-state index < -0.39 is 0 Å². The lowest BCUT2D eigenvalue weighted by Crippen LogP contribution is -2.47. The molecule has 0 radical (unpaired) electrons. The predicted octanol–water partition coefficient (Wildman–Crippen LogP) is 2.31. The highest BCUT2D eigenvalue weighted by atomic mass is 16.5. The van der Waals surface area contributed by atoms with Crippen LogP contribution >= 0.6 is 0 Å². The molecule has 0 spiro atoms. The zero-order chi connectivity index (χ0) is 13.5. The van der Waals surface area contributed by atoms with Crippen LogP contribution in [0.15, 0.2) is 30.3 Å². The fraction of sp³-hybridized carbons (Fsp3) is 0.625. The lowest BCUT2D eigenvalue weighted by Gasteiger charge is -2.35. The minimum absolute atomic E-state index is 0.0410. The van der Waals surface area contributed by atoms with Crippen LogP contribution in [0.3, 0.4) is 0 Å². The van der Waals surface area contributed by atoms with E-state index in [0.717, 1.165) is 0 Å². The summed E-state index contributed by atoms with van der Waals surface area (Å²) in [7, 11) is 1.68. The summed E-state index contributed by atoms with van der Waals surface area (Å²) in [5, 5.41) is 13.0. The Morgan fingerprint density at radius 1 is 1.26 bits per heavy atom. The molecule has 1 aromatic rings. The zero-order valence-electron chi connectivity index (χ0n) is 11.7. The highest BCUT2D eigenvalue weighted by Crippen LogP contribution is 2.33. The molecule has 0 aliphatic heterocycles. The van der Waals surface area contributed by atoms with E-state index in [2.05, 4.69) is 35.6 Å². The van der Waals surface area contributed by atoms with Crippen LogP contribution < -0.4 is 5.32 Å². The minimum Gasteiger partial charge on any atom is -0.395 e. The third-order valence-corrected chi connectivity index (χ3v) is 4.03. The molecule has 3 heteroatoms. The summed E-state index contributed by atoms with van der Waals surface area (Å²) in [5.74, 6) is 0.556. The monoisotopic (exact) mass is 263 g/mol. The summed E-state index contributed by atoms with van der Waals surface area (Å²) in [6.45, 7) is 0.695. The van der Waals surface area contributed by atoms with Gasteiger partial charge in [-0.1, -0.05) is 43.2 Å². The van der Waals surface area contributed by atoms with E-state index in [-0.39, 0.29) is 12.6 Å². The molecule has 1 saturated carbocycles. The van der Waals surface area contributed by atoms with Gasteiger partial charge in [0.1, 0.15) is 0 Å². The van der Waals surface area contributed by atoms with Crippen molar-refractivity contribution >= 4 is 0 Å². The lowest BCUT2D eigenvalue weighted by molar-refractivity contribution is 0.115. The molecule has 19 heavy (non-hydrogen) atoms. The van der Waals surface area contributed by atoms with E-state index in [1.165, 1.54) is 31.2 Å². The number of benzene rings is 1. The molecule has 1 aromatic carbocycles. The van der Waals surface area contributed by atoms with Crippen molar-refractivity contribution in [2.24, 2.45) is 0 Å². The van der Waals surface area contributed by atoms with Gasteiger partial charge in [-0.15, -0.1) is 0 Å². The molecule has 2 N–H and O–H groups in total. The summed E-state index contributed by atoms with van der Waals surface area (Å²) in [6.07, 6.45) is 4.98. The van der Waals surface area contributed by atoms with Crippen LogP contribution in [0.5, 0.6) is 0 Å². The smallest absolute Gasteiger partial charge is 0.0638 e. The molecule has 1 aliphatic carbocycles. The van der Waals surface area contributed by atoms with Crippen molar-refractivity contribution in [1.82, 2.24) is 5.32 Å². The second-order valence-electron chi connectivity index (χ2n) is 5.41. The van der Waals surface area contributed by atoms with E-state index in [4.69, 9.17) is 4.74 Å². The van der Waals surface area contributed by atoms with Gasteiger partial charge in [0.25, 0.3) is 0 Å². The zero-order valence-corrected chi connectivity index (χ0v) is 11.7. The van der Waals surface area contributed by atoms with E-state index in [9.17, 15) is 5.11 Å². The average molecular weight is 263 g/mol. The Balaban J connectivity index is 2.03. The minimum atomic E-state index is 0.0410. The SMILES string of the molecule is COCC(CO)NC1CCCCC1c1ccccc1. The molecule has 1 aliphatic rings. The summed E-state index contributed by atoms with van der Waals surface area (Å²) < 4.78 is 5.15. The van der Waals surface area contributed by atoms with E-state index in [1.807, 2.05) is 0 Å². The molecule has 1 fully saturated rings. The van der Waals surface area contributed by atoms with Crippen molar-refractivity contribution in [2.75, 3.05) is 20.3 Å². The molecule has 106 valence electrons. The highest BCUT2D eigenvalue weighted by molar-refractivity contribution is 5.22. The first-order valence-electron chi connectivity index (χ1n) is 7.26. The number of hydrogen-bond donors (Lipinski definition) is 2. The second kappa shape index (κ2) is 7.63. The average Bonchev–Trinajstić information content (AvgIpc) is 2.48. The van der Waals surface area contributed by atoms with Gasteiger partial charge in [-0.2, -0.15) is 0 Å². The Hall–Kier alpha value is -0.900. The van der Waals surface area contributed by atoms with Crippen LogP contribution in [-0.2, 0) is 4.74 Å². The summed E-state index contributed by atoms with van der Waals surface area (Å²) in [5.41, 5.74) is 1.41. The maximum Gasteiger partial charge on any atom is 0.0638 e. The van der Waals surface area contributed by atoms with Crippen LogP contribution in [0.25, 0.3) is 0 Å². The number of aliphatic hydroxyl groups is 1. The van der Waals surface area contributed by atoms with Gasteiger partial charge >= 0.3 is 0 Å². The van der Waals surface area contributed by atoms with Gasteiger partial charge in [0, 0.05) is 13.2 Å². The van der Waals surface area contributed by atoms with Crippen LogP contribution in [-0.4, -0.2) is 37.5 Å². The largest absolute Gasteiger partial charge is 0.395 e. The first-order chi connectivity index (χ1) is 9.35.